The van der Waals surface area contributed by atoms with E-state index in [9.17, 15) is 9.59 Å². The smallest absolute Gasteiger partial charge is 0.323 e. The number of hydrogen-bond donors (Lipinski definition) is 1. The number of urea groups is 1. The Morgan fingerprint density at radius 1 is 1.00 bits per heavy atom. The van der Waals surface area contributed by atoms with Gasteiger partial charge in [-0.05, 0) is 25.7 Å². The number of rotatable bonds is 4. The van der Waals surface area contributed by atoms with Crippen molar-refractivity contribution in [1.82, 2.24) is 14.7 Å². The van der Waals surface area contributed by atoms with Gasteiger partial charge in [0.25, 0.3) is 0 Å². The van der Waals surface area contributed by atoms with Crippen molar-refractivity contribution in [3.63, 3.8) is 0 Å². The zero-order valence-corrected chi connectivity index (χ0v) is 12.5. The molecule has 6 nitrogen and oxygen atoms in total. The average Bonchev–Trinajstić information content (AvgIpc) is 3.18. The van der Waals surface area contributed by atoms with E-state index < -0.39 is 5.97 Å². The van der Waals surface area contributed by atoms with Gasteiger partial charge in [-0.15, -0.1) is 0 Å². The minimum Gasteiger partial charge on any atom is -0.480 e. The lowest BCUT2D eigenvalue weighted by Gasteiger charge is -2.39. The first kappa shape index (κ1) is 14.6. The molecule has 21 heavy (non-hydrogen) atoms. The van der Waals surface area contributed by atoms with E-state index in [1.54, 1.807) is 4.90 Å². The lowest BCUT2D eigenvalue weighted by Crippen LogP contribution is -2.55. The normalized spacial score (nSPS) is 24.3. The van der Waals surface area contributed by atoms with E-state index >= 15 is 0 Å². The first-order valence-electron chi connectivity index (χ1n) is 8.16. The van der Waals surface area contributed by atoms with Gasteiger partial charge in [0, 0.05) is 38.3 Å². The topological polar surface area (TPSA) is 64.1 Å². The number of carbonyl (C=O) groups is 2. The minimum absolute atomic E-state index is 0.0778. The van der Waals surface area contributed by atoms with Crippen molar-refractivity contribution in [2.24, 2.45) is 0 Å². The highest BCUT2D eigenvalue weighted by Gasteiger charge is 2.37. The SMILES string of the molecule is O=C(O)CN(C(=O)N1CCN(C2CCCC2)CC1)C1CC1. The molecule has 0 atom stereocenters. The number of aliphatic carboxylic acids is 1. The Morgan fingerprint density at radius 2 is 1.62 bits per heavy atom. The van der Waals surface area contributed by atoms with Crippen LogP contribution in [0.25, 0.3) is 0 Å². The second-order valence-electron chi connectivity index (χ2n) is 6.50. The molecule has 0 radical (unpaired) electrons. The maximum absolute atomic E-state index is 12.5. The molecule has 0 bridgehead atoms. The van der Waals surface area contributed by atoms with Gasteiger partial charge < -0.3 is 14.9 Å². The molecule has 2 saturated carbocycles. The number of carbonyl (C=O) groups excluding carboxylic acids is 1. The van der Waals surface area contributed by atoms with E-state index in [-0.39, 0.29) is 18.6 Å². The van der Waals surface area contributed by atoms with Gasteiger partial charge >= 0.3 is 12.0 Å². The molecule has 0 aromatic carbocycles. The summed E-state index contributed by atoms with van der Waals surface area (Å²) in [6.07, 6.45) is 7.14. The summed E-state index contributed by atoms with van der Waals surface area (Å²) in [6, 6.07) is 0.785. The second kappa shape index (κ2) is 6.22. The number of nitrogens with zero attached hydrogens (tertiary/aromatic N) is 3. The van der Waals surface area contributed by atoms with Crippen LogP contribution >= 0.6 is 0 Å². The fourth-order valence-electron chi connectivity index (χ4n) is 3.61. The lowest BCUT2D eigenvalue weighted by molar-refractivity contribution is -0.137. The van der Waals surface area contributed by atoms with Crippen LogP contribution < -0.4 is 0 Å². The maximum Gasteiger partial charge on any atom is 0.323 e. The third-order valence-electron chi connectivity index (χ3n) is 4.96. The molecule has 0 unspecified atom stereocenters. The molecule has 1 N–H and O–H groups in total. The Labute approximate surface area is 125 Å². The Hall–Kier alpha value is -1.30. The van der Waals surface area contributed by atoms with Crippen LogP contribution in [0.3, 0.4) is 0 Å². The van der Waals surface area contributed by atoms with Crippen molar-refractivity contribution >= 4 is 12.0 Å². The van der Waals surface area contributed by atoms with Crippen molar-refractivity contribution in [2.75, 3.05) is 32.7 Å². The number of carboxylic acid groups (broad SMARTS) is 1. The monoisotopic (exact) mass is 295 g/mol. The van der Waals surface area contributed by atoms with Gasteiger partial charge in [0.05, 0.1) is 0 Å². The molecule has 0 aromatic heterocycles. The number of hydrogen-bond acceptors (Lipinski definition) is 3. The molecule has 2 aliphatic carbocycles. The highest BCUT2D eigenvalue weighted by molar-refractivity contribution is 5.81. The number of carboxylic acids is 1. The number of piperazine rings is 1. The van der Waals surface area contributed by atoms with Gasteiger partial charge in [0.2, 0.25) is 0 Å². The lowest BCUT2D eigenvalue weighted by atomic mass is 10.2. The first-order valence-corrected chi connectivity index (χ1v) is 8.16. The predicted octanol–water partition coefficient (Wildman–Crippen LogP) is 1.22. The Bertz CT molecular complexity index is 397. The summed E-state index contributed by atoms with van der Waals surface area (Å²) >= 11 is 0. The summed E-state index contributed by atoms with van der Waals surface area (Å²) < 4.78 is 0. The van der Waals surface area contributed by atoms with Crippen molar-refractivity contribution in [3.8, 4) is 0 Å². The van der Waals surface area contributed by atoms with Crippen LogP contribution in [-0.2, 0) is 4.79 Å². The first-order chi connectivity index (χ1) is 10.1. The summed E-state index contributed by atoms with van der Waals surface area (Å²) in [5.74, 6) is -0.917. The summed E-state index contributed by atoms with van der Waals surface area (Å²) in [5, 5.41) is 8.97. The van der Waals surface area contributed by atoms with Crippen LogP contribution in [-0.4, -0.2) is 76.6 Å². The fraction of sp³-hybridized carbons (Fsp3) is 0.867. The highest BCUT2D eigenvalue weighted by Crippen LogP contribution is 2.28. The molecule has 2 amide bonds. The fourth-order valence-corrected chi connectivity index (χ4v) is 3.61. The van der Waals surface area contributed by atoms with E-state index in [1.807, 2.05) is 4.90 Å². The average molecular weight is 295 g/mol. The summed E-state index contributed by atoms with van der Waals surface area (Å²) in [7, 11) is 0. The summed E-state index contributed by atoms with van der Waals surface area (Å²) in [4.78, 5) is 29.3. The van der Waals surface area contributed by atoms with E-state index in [2.05, 4.69) is 4.90 Å². The third-order valence-corrected chi connectivity index (χ3v) is 4.96. The largest absolute Gasteiger partial charge is 0.480 e. The van der Waals surface area contributed by atoms with Crippen LogP contribution in [0.1, 0.15) is 38.5 Å². The molecule has 1 saturated heterocycles. The molecule has 3 fully saturated rings. The minimum atomic E-state index is -0.917. The Balaban J connectivity index is 1.52. The Morgan fingerprint density at radius 3 is 2.14 bits per heavy atom. The Kier molecular flexibility index (Phi) is 4.33. The van der Waals surface area contributed by atoms with Gasteiger partial charge in [-0.25, -0.2) is 4.79 Å². The summed E-state index contributed by atoms with van der Waals surface area (Å²) in [6.45, 7) is 3.17. The second-order valence-corrected chi connectivity index (χ2v) is 6.50. The molecule has 1 aliphatic heterocycles. The zero-order valence-electron chi connectivity index (χ0n) is 12.5. The van der Waals surface area contributed by atoms with Crippen molar-refractivity contribution in [1.29, 1.82) is 0 Å². The van der Waals surface area contributed by atoms with Crippen molar-refractivity contribution < 1.29 is 14.7 Å². The highest BCUT2D eigenvalue weighted by atomic mass is 16.4. The molecule has 0 spiro atoms. The molecule has 0 aromatic rings. The van der Waals surface area contributed by atoms with Crippen LogP contribution in [0, 0.1) is 0 Å². The van der Waals surface area contributed by atoms with Crippen LogP contribution in [0.2, 0.25) is 0 Å². The van der Waals surface area contributed by atoms with Gasteiger partial charge in [-0.1, -0.05) is 12.8 Å². The van der Waals surface area contributed by atoms with E-state index in [0.717, 1.165) is 39.0 Å². The van der Waals surface area contributed by atoms with Crippen LogP contribution in [0.15, 0.2) is 0 Å². The van der Waals surface area contributed by atoms with E-state index in [4.69, 9.17) is 5.11 Å². The van der Waals surface area contributed by atoms with Crippen LogP contribution in [0.5, 0.6) is 0 Å². The van der Waals surface area contributed by atoms with Gasteiger partial charge in [-0.3, -0.25) is 9.69 Å². The molecular weight excluding hydrogens is 270 g/mol. The zero-order chi connectivity index (χ0) is 14.8. The third kappa shape index (κ3) is 3.48. The van der Waals surface area contributed by atoms with Gasteiger partial charge in [-0.2, -0.15) is 0 Å². The van der Waals surface area contributed by atoms with Gasteiger partial charge in [0.15, 0.2) is 0 Å². The molecular formula is C15H25N3O3. The quantitative estimate of drug-likeness (QED) is 0.847. The van der Waals surface area contributed by atoms with Crippen LogP contribution in [0.4, 0.5) is 4.79 Å². The number of amides is 2. The molecule has 118 valence electrons. The molecule has 1 heterocycles. The van der Waals surface area contributed by atoms with Crippen molar-refractivity contribution in [3.05, 3.63) is 0 Å². The standard InChI is InChI=1S/C15H25N3O3/c19-14(20)11-18(13-5-6-13)15(21)17-9-7-16(8-10-17)12-3-1-2-4-12/h12-13H,1-11H2,(H,19,20). The molecule has 3 aliphatic rings. The molecule has 3 rings (SSSR count). The van der Waals surface area contributed by atoms with Crippen molar-refractivity contribution in [2.45, 2.75) is 50.6 Å². The van der Waals surface area contributed by atoms with E-state index in [0.29, 0.717) is 6.04 Å². The summed E-state index contributed by atoms with van der Waals surface area (Å²) in [5.41, 5.74) is 0. The van der Waals surface area contributed by atoms with E-state index in [1.165, 1.54) is 25.7 Å². The molecule has 6 heteroatoms. The van der Waals surface area contributed by atoms with Gasteiger partial charge in [0.1, 0.15) is 6.54 Å². The maximum atomic E-state index is 12.5. The predicted molar refractivity (Wildman–Crippen MR) is 78.2 cm³/mol.